The number of H-pyrrole nitrogens is 1. The van der Waals surface area contributed by atoms with Crippen LogP contribution in [0.4, 0.5) is 11.8 Å². The van der Waals surface area contributed by atoms with Gasteiger partial charge in [-0.25, -0.2) is 4.98 Å². The fraction of sp³-hybridized carbons (Fsp3) is 0.389. The maximum atomic E-state index is 5.81. The molecule has 1 fully saturated rings. The van der Waals surface area contributed by atoms with Crippen LogP contribution in [0.1, 0.15) is 30.1 Å². The highest BCUT2D eigenvalue weighted by Crippen LogP contribution is 2.30. The van der Waals surface area contributed by atoms with Gasteiger partial charge in [0.15, 0.2) is 0 Å². The quantitative estimate of drug-likeness (QED) is 0.762. The first-order valence-electron chi connectivity index (χ1n) is 8.53. The Morgan fingerprint density at radius 1 is 1.28 bits per heavy atom. The summed E-state index contributed by atoms with van der Waals surface area (Å²) in [6.45, 7) is 3.88. The van der Waals surface area contributed by atoms with E-state index in [1.165, 1.54) is 5.56 Å². The SMILES string of the molecule is COc1cc(N2CCC[C@@H](c3nc4c(C)cccc4[nH]3)C2)nc(N)n1. The van der Waals surface area contributed by atoms with E-state index in [0.717, 1.165) is 48.6 Å². The molecule has 3 N–H and O–H groups in total. The van der Waals surface area contributed by atoms with Crippen LogP contribution in [-0.2, 0) is 0 Å². The van der Waals surface area contributed by atoms with Crippen LogP contribution in [0.2, 0.25) is 0 Å². The molecule has 0 unspecified atom stereocenters. The zero-order chi connectivity index (χ0) is 17.4. The number of ether oxygens (including phenoxy) is 1. The third-order valence-electron chi connectivity index (χ3n) is 4.78. The summed E-state index contributed by atoms with van der Waals surface area (Å²) in [4.78, 5) is 19.0. The van der Waals surface area contributed by atoms with E-state index >= 15 is 0 Å². The van der Waals surface area contributed by atoms with Crippen LogP contribution in [-0.4, -0.2) is 40.1 Å². The molecule has 4 rings (SSSR count). The number of aromatic amines is 1. The molecule has 0 bridgehead atoms. The van der Waals surface area contributed by atoms with E-state index in [2.05, 4.69) is 45.0 Å². The predicted molar refractivity (Wildman–Crippen MR) is 98.0 cm³/mol. The number of nitrogens with two attached hydrogens (primary N) is 1. The molecule has 3 aromatic rings. The van der Waals surface area contributed by atoms with Crippen molar-refractivity contribution in [2.24, 2.45) is 0 Å². The van der Waals surface area contributed by atoms with E-state index < -0.39 is 0 Å². The van der Waals surface area contributed by atoms with E-state index in [4.69, 9.17) is 15.5 Å². The Bertz CT molecular complexity index is 906. The Labute approximate surface area is 146 Å². The molecule has 1 aliphatic heterocycles. The Kier molecular flexibility index (Phi) is 3.91. The molecule has 7 heteroatoms. The van der Waals surface area contributed by atoms with Crippen molar-refractivity contribution in [2.75, 3.05) is 30.8 Å². The molecule has 130 valence electrons. The summed E-state index contributed by atoms with van der Waals surface area (Å²) >= 11 is 0. The lowest BCUT2D eigenvalue weighted by atomic mass is 9.97. The normalized spacial score (nSPS) is 17.8. The summed E-state index contributed by atoms with van der Waals surface area (Å²) < 4.78 is 5.21. The second-order valence-corrected chi connectivity index (χ2v) is 6.50. The van der Waals surface area contributed by atoms with Crippen LogP contribution in [0.5, 0.6) is 5.88 Å². The average Bonchev–Trinajstić information content (AvgIpc) is 3.07. The van der Waals surface area contributed by atoms with Crippen molar-refractivity contribution < 1.29 is 4.74 Å². The summed E-state index contributed by atoms with van der Waals surface area (Å²) in [5, 5.41) is 0. The number of aryl methyl sites for hydroxylation is 1. The molecule has 0 saturated carbocycles. The summed E-state index contributed by atoms with van der Waals surface area (Å²) in [6, 6.07) is 8.07. The summed E-state index contributed by atoms with van der Waals surface area (Å²) in [6.07, 6.45) is 2.18. The van der Waals surface area contributed by atoms with Gasteiger partial charge < -0.3 is 20.4 Å². The number of nitrogen functional groups attached to an aromatic ring is 1. The van der Waals surface area contributed by atoms with E-state index in [1.807, 2.05) is 6.07 Å². The van der Waals surface area contributed by atoms with Crippen molar-refractivity contribution in [2.45, 2.75) is 25.7 Å². The van der Waals surface area contributed by atoms with Crippen molar-refractivity contribution in [3.63, 3.8) is 0 Å². The molecule has 1 aliphatic rings. The number of methoxy groups -OCH3 is 1. The van der Waals surface area contributed by atoms with E-state index in [-0.39, 0.29) is 5.95 Å². The molecule has 0 spiro atoms. The second kappa shape index (κ2) is 6.23. The van der Waals surface area contributed by atoms with Crippen molar-refractivity contribution in [1.82, 2.24) is 19.9 Å². The number of fused-ring (bicyclic) bond motifs is 1. The first-order chi connectivity index (χ1) is 12.1. The fourth-order valence-corrected chi connectivity index (χ4v) is 3.49. The number of imidazole rings is 1. The van der Waals surface area contributed by atoms with Crippen LogP contribution in [0.15, 0.2) is 24.3 Å². The Morgan fingerprint density at radius 2 is 2.16 bits per heavy atom. The number of piperidine rings is 1. The Hall–Kier alpha value is -2.83. The standard InChI is InChI=1S/C18H22N6O/c1-11-5-3-7-13-16(11)23-17(20-13)12-6-4-8-24(10-12)14-9-15(25-2)22-18(19)21-14/h3,5,7,9,12H,4,6,8,10H2,1-2H3,(H,20,23)(H2,19,21,22)/t12-/m1/s1. The lowest BCUT2D eigenvalue weighted by Crippen LogP contribution is -2.35. The van der Waals surface area contributed by atoms with Gasteiger partial charge in [0, 0.05) is 25.1 Å². The predicted octanol–water partition coefficient (Wildman–Crippen LogP) is 2.64. The van der Waals surface area contributed by atoms with Gasteiger partial charge in [0.05, 0.1) is 18.1 Å². The molecule has 1 atom stereocenters. The molecule has 0 aliphatic carbocycles. The lowest BCUT2D eigenvalue weighted by molar-refractivity contribution is 0.397. The number of nitrogens with one attached hydrogen (secondary N) is 1. The molecule has 0 amide bonds. The van der Waals surface area contributed by atoms with Gasteiger partial charge in [0.1, 0.15) is 11.6 Å². The largest absolute Gasteiger partial charge is 0.481 e. The number of para-hydroxylation sites is 1. The van der Waals surface area contributed by atoms with Gasteiger partial charge in [0.2, 0.25) is 11.8 Å². The molecule has 1 saturated heterocycles. The molecule has 3 heterocycles. The maximum absolute atomic E-state index is 5.81. The molecule has 25 heavy (non-hydrogen) atoms. The van der Waals surface area contributed by atoms with Crippen molar-refractivity contribution in [3.05, 3.63) is 35.7 Å². The highest BCUT2D eigenvalue weighted by molar-refractivity contribution is 5.78. The fourth-order valence-electron chi connectivity index (χ4n) is 3.49. The van der Waals surface area contributed by atoms with E-state index in [9.17, 15) is 0 Å². The van der Waals surface area contributed by atoms with Crippen LogP contribution in [0.25, 0.3) is 11.0 Å². The first kappa shape index (κ1) is 15.7. The van der Waals surface area contributed by atoms with Crippen molar-refractivity contribution >= 4 is 22.8 Å². The lowest BCUT2D eigenvalue weighted by Gasteiger charge is -2.32. The van der Waals surface area contributed by atoms with Crippen LogP contribution in [0, 0.1) is 6.92 Å². The van der Waals surface area contributed by atoms with Gasteiger partial charge in [-0.3, -0.25) is 0 Å². The van der Waals surface area contributed by atoms with Gasteiger partial charge in [-0.1, -0.05) is 12.1 Å². The Balaban J connectivity index is 1.62. The van der Waals surface area contributed by atoms with Gasteiger partial charge in [-0.2, -0.15) is 9.97 Å². The van der Waals surface area contributed by atoms with E-state index in [0.29, 0.717) is 11.8 Å². The molecule has 7 nitrogen and oxygen atoms in total. The van der Waals surface area contributed by atoms with Crippen molar-refractivity contribution in [1.29, 1.82) is 0 Å². The van der Waals surface area contributed by atoms with Gasteiger partial charge >= 0.3 is 0 Å². The summed E-state index contributed by atoms with van der Waals surface area (Å²) in [5.41, 5.74) is 9.16. The number of hydrogen-bond donors (Lipinski definition) is 2. The van der Waals surface area contributed by atoms with Gasteiger partial charge in [-0.15, -0.1) is 0 Å². The van der Waals surface area contributed by atoms with Gasteiger partial charge in [0.25, 0.3) is 0 Å². The van der Waals surface area contributed by atoms with Crippen LogP contribution in [0.3, 0.4) is 0 Å². The number of anilines is 2. The summed E-state index contributed by atoms with van der Waals surface area (Å²) in [7, 11) is 1.58. The van der Waals surface area contributed by atoms with Gasteiger partial charge in [-0.05, 0) is 31.4 Å². The zero-order valence-corrected chi connectivity index (χ0v) is 14.5. The minimum absolute atomic E-state index is 0.232. The third kappa shape index (κ3) is 2.97. The topological polar surface area (TPSA) is 93.0 Å². The molecular formula is C18H22N6O. The van der Waals surface area contributed by atoms with Crippen LogP contribution >= 0.6 is 0 Å². The smallest absolute Gasteiger partial charge is 0.225 e. The number of hydrogen-bond acceptors (Lipinski definition) is 6. The minimum Gasteiger partial charge on any atom is -0.481 e. The molecule has 2 aromatic heterocycles. The number of nitrogens with zero attached hydrogens (tertiary/aromatic N) is 4. The van der Waals surface area contributed by atoms with E-state index in [1.54, 1.807) is 7.11 Å². The number of benzene rings is 1. The molecular weight excluding hydrogens is 316 g/mol. The minimum atomic E-state index is 0.232. The average molecular weight is 338 g/mol. The number of rotatable bonds is 3. The maximum Gasteiger partial charge on any atom is 0.225 e. The first-order valence-corrected chi connectivity index (χ1v) is 8.53. The van der Waals surface area contributed by atoms with Crippen molar-refractivity contribution in [3.8, 4) is 5.88 Å². The highest BCUT2D eigenvalue weighted by Gasteiger charge is 2.25. The molecule has 0 radical (unpaired) electrons. The summed E-state index contributed by atoms with van der Waals surface area (Å²) in [5.74, 6) is 2.91. The second-order valence-electron chi connectivity index (χ2n) is 6.50. The third-order valence-corrected chi connectivity index (χ3v) is 4.78. The Morgan fingerprint density at radius 3 is 2.96 bits per heavy atom. The zero-order valence-electron chi connectivity index (χ0n) is 14.5. The number of aromatic nitrogens is 4. The van der Waals surface area contributed by atoms with Crippen LogP contribution < -0.4 is 15.4 Å². The highest BCUT2D eigenvalue weighted by atomic mass is 16.5. The monoisotopic (exact) mass is 338 g/mol. The molecule has 1 aromatic carbocycles.